The number of benzene rings is 7. The maximum absolute atomic E-state index is 3.71. The highest BCUT2D eigenvalue weighted by atomic mass is 79.9. The molecular weight excluding hydrogens is 582 g/mol. The zero-order valence-corrected chi connectivity index (χ0v) is 24.3. The third kappa shape index (κ3) is 3.53. The molecule has 2 heterocycles. The van der Waals surface area contributed by atoms with Gasteiger partial charge in [-0.2, -0.15) is 0 Å². The highest BCUT2D eigenvalue weighted by molar-refractivity contribution is 9.10. The third-order valence-corrected chi connectivity index (χ3v) is 10.0. The molecule has 2 aromatic heterocycles. The van der Waals surface area contributed by atoms with Gasteiger partial charge in [-0.1, -0.05) is 94.8 Å². The van der Waals surface area contributed by atoms with Crippen LogP contribution in [0.25, 0.3) is 80.3 Å². The van der Waals surface area contributed by atoms with Crippen LogP contribution in [-0.2, 0) is 0 Å². The Labute approximate surface area is 249 Å². The number of halogens is 1. The van der Waals surface area contributed by atoms with Crippen molar-refractivity contribution >= 4 is 90.8 Å². The fourth-order valence-corrected chi connectivity index (χ4v) is 7.98. The van der Waals surface area contributed by atoms with Crippen molar-refractivity contribution in [2.24, 2.45) is 0 Å². The Morgan fingerprint density at radius 3 is 2.10 bits per heavy atom. The van der Waals surface area contributed by atoms with Gasteiger partial charge in [0.25, 0.3) is 0 Å². The third-order valence-electron chi connectivity index (χ3n) is 8.39. The quantitative estimate of drug-likeness (QED) is 0.185. The van der Waals surface area contributed by atoms with E-state index in [0.29, 0.717) is 0 Å². The topological polar surface area (TPSA) is 4.93 Å². The second kappa shape index (κ2) is 8.78. The second-order valence-corrected chi connectivity index (χ2v) is 12.7. The van der Waals surface area contributed by atoms with Crippen molar-refractivity contribution in [3.05, 3.63) is 138 Å². The number of rotatable bonds is 2. The van der Waals surface area contributed by atoms with Crippen LogP contribution in [0.5, 0.6) is 0 Å². The van der Waals surface area contributed by atoms with Crippen molar-refractivity contribution in [2.75, 3.05) is 0 Å². The van der Waals surface area contributed by atoms with Gasteiger partial charge in [-0.05, 0) is 87.3 Å². The van der Waals surface area contributed by atoms with E-state index < -0.39 is 0 Å². The van der Waals surface area contributed by atoms with E-state index in [1.54, 1.807) is 0 Å². The van der Waals surface area contributed by atoms with Crippen LogP contribution in [0.2, 0.25) is 0 Å². The number of fused-ring (bicyclic) bond motifs is 8. The molecule has 0 spiro atoms. The fraction of sp³-hybridized carbons (Fsp3) is 0. The van der Waals surface area contributed by atoms with E-state index in [-0.39, 0.29) is 0 Å². The zero-order valence-electron chi connectivity index (χ0n) is 21.9. The fourth-order valence-electron chi connectivity index (χ4n) is 6.50. The molecule has 7 aromatic carbocycles. The summed E-state index contributed by atoms with van der Waals surface area (Å²) in [7, 11) is 0. The SMILES string of the molecule is Brc1ccc2sc3cccc(-c4ccc5c6cc7ccccc7cc6n(-c6ccc7ccccc7c6)c5c4)c3c2c1. The first-order chi connectivity index (χ1) is 20.2. The molecule has 0 aliphatic heterocycles. The predicted octanol–water partition coefficient (Wildman–Crippen LogP) is 11.9. The smallest absolute Gasteiger partial charge is 0.0547 e. The van der Waals surface area contributed by atoms with Crippen molar-refractivity contribution in [2.45, 2.75) is 0 Å². The van der Waals surface area contributed by atoms with Gasteiger partial charge in [-0.15, -0.1) is 11.3 Å². The van der Waals surface area contributed by atoms with E-state index in [9.17, 15) is 0 Å². The van der Waals surface area contributed by atoms with Crippen LogP contribution in [-0.4, -0.2) is 4.57 Å². The van der Waals surface area contributed by atoms with Crippen LogP contribution in [0, 0.1) is 0 Å². The summed E-state index contributed by atoms with van der Waals surface area (Å²) in [5.74, 6) is 0. The molecule has 0 atom stereocenters. The summed E-state index contributed by atoms with van der Waals surface area (Å²) in [6, 6.07) is 49.1. The molecule has 3 heteroatoms. The van der Waals surface area contributed by atoms with Gasteiger partial charge in [0.1, 0.15) is 0 Å². The van der Waals surface area contributed by atoms with Gasteiger partial charge in [0.05, 0.1) is 11.0 Å². The number of nitrogens with zero attached hydrogens (tertiary/aromatic N) is 1. The Morgan fingerprint density at radius 1 is 0.488 bits per heavy atom. The Bertz CT molecular complexity index is 2500. The summed E-state index contributed by atoms with van der Waals surface area (Å²) in [6.07, 6.45) is 0. The molecule has 0 radical (unpaired) electrons. The first-order valence-corrected chi connectivity index (χ1v) is 15.4. The van der Waals surface area contributed by atoms with Crippen LogP contribution < -0.4 is 0 Å². The van der Waals surface area contributed by atoms with E-state index >= 15 is 0 Å². The average molecular weight is 605 g/mol. The first kappa shape index (κ1) is 23.3. The number of thiophene rings is 1. The van der Waals surface area contributed by atoms with Crippen LogP contribution in [0.3, 0.4) is 0 Å². The molecule has 0 saturated carbocycles. The minimum absolute atomic E-state index is 1.11. The van der Waals surface area contributed by atoms with Crippen molar-refractivity contribution in [3.63, 3.8) is 0 Å². The van der Waals surface area contributed by atoms with Crippen molar-refractivity contribution in [3.8, 4) is 16.8 Å². The number of hydrogen-bond donors (Lipinski definition) is 0. The van der Waals surface area contributed by atoms with Crippen LogP contribution in [0.4, 0.5) is 0 Å². The highest BCUT2D eigenvalue weighted by Gasteiger charge is 2.17. The molecule has 0 unspecified atom stereocenters. The molecule has 0 bridgehead atoms. The lowest BCUT2D eigenvalue weighted by molar-refractivity contribution is 1.19. The molecule has 0 N–H and O–H groups in total. The van der Waals surface area contributed by atoms with Gasteiger partial charge in [0, 0.05) is 41.1 Å². The molecule has 41 heavy (non-hydrogen) atoms. The standard InChI is InChI=1S/C38H22BrNS/c39-28-14-17-36-33(22-28)38-30(10-5-11-37(38)41-36)27-13-16-31-32-19-25-8-3-4-9-26(25)20-35(32)40(34(31)21-27)29-15-12-23-6-1-2-7-24(23)18-29/h1-22H. The molecule has 0 saturated heterocycles. The molecule has 9 aromatic rings. The van der Waals surface area contributed by atoms with Gasteiger partial charge in [0.15, 0.2) is 0 Å². The Balaban J connectivity index is 1.39. The number of hydrogen-bond acceptors (Lipinski definition) is 1. The van der Waals surface area contributed by atoms with Crippen LogP contribution in [0.15, 0.2) is 138 Å². The second-order valence-electron chi connectivity index (χ2n) is 10.7. The maximum Gasteiger partial charge on any atom is 0.0547 e. The Morgan fingerprint density at radius 2 is 1.24 bits per heavy atom. The minimum atomic E-state index is 1.11. The summed E-state index contributed by atoms with van der Waals surface area (Å²) in [5.41, 5.74) is 6.14. The zero-order chi connectivity index (χ0) is 27.1. The summed E-state index contributed by atoms with van der Waals surface area (Å²) in [5, 5.41) is 10.2. The van der Waals surface area contributed by atoms with Crippen LogP contribution in [0.1, 0.15) is 0 Å². The normalized spacial score (nSPS) is 12.0. The Hall–Kier alpha value is -4.44. The van der Waals surface area contributed by atoms with Crippen LogP contribution >= 0.6 is 27.3 Å². The van der Waals surface area contributed by atoms with Gasteiger partial charge in [0.2, 0.25) is 0 Å². The molecule has 192 valence electrons. The first-order valence-electron chi connectivity index (χ1n) is 13.8. The molecule has 1 nitrogen and oxygen atoms in total. The van der Waals surface area contributed by atoms with Gasteiger partial charge < -0.3 is 4.57 Å². The van der Waals surface area contributed by atoms with E-state index in [4.69, 9.17) is 0 Å². The largest absolute Gasteiger partial charge is 0.309 e. The van der Waals surface area contributed by atoms with E-state index in [2.05, 4.69) is 154 Å². The molecule has 0 aliphatic carbocycles. The maximum atomic E-state index is 3.71. The highest BCUT2D eigenvalue weighted by Crippen LogP contribution is 2.43. The molecule has 0 fully saturated rings. The Kier molecular flexibility index (Phi) is 4.98. The summed E-state index contributed by atoms with van der Waals surface area (Å²) < 4.78 is 6.19. The minimum Gasteiger partial charge on any atom is -0.309 e. The lowest BCUT2D eigenvalue weighted by Crippen LogP contribution is -1.94. The lowest BCUT2D eigenvalue weighted by Gasteiger charge is -2.11. The summed E-state index contributed by atoms with van der Waals surface area (Å²) >= 11 is 5.57. The summed E-state index contributed by atoms with van der Waals surface area (Å²) in [4.78, 5) is 0. The molecular formula is C38H22BrNS. The summed E-state index contributed by atoms with van der Waals surface area (Å²) in [6.45, 7) is 0. The number of aromatic nitrogens is 1. The predicted molar refractivity (Wildman–Crippen MR) is 182 cm³/mol. The van der Waals surface area contributed by atoms with Gasteiger partial charge >= 0.3 is 0 Å². The van der Waals surface area contributed by atoms with E-state index in [1.807, 2.05) is 11.3 Å². The van der Waals surface area contributed by atoms with Crippen molar-refractivity contribution in [1.82, 2.24) is 4.57 Å². The van der Waals surface area contributed by atoms with E-state index in [0.717, 1.165) is 4.47 Å². The monoisotopic (exact) mass is 603 g/mol. The van der Waals surface area contributed by atoms with Gasteiger partial charge in [-0.3, -0.25) is 0 Å². The van der Waals surface area contributed by atoms with Crippen molar-refractivity contribution < 1.29 is 0 Å². The van der Waals surface area contributed by atoms with Crippen molar-refractivity contribution in [1.29, 1.82) is 0 Å². The molecule has 0 aliphatic rings. The lowest BCUT2D eigenvalue weighted by atomic mass is 9.98. The average Bonchev–Trinajstić information content (AvgIpc) is 3.54. The van der Waals surface area contributed by atoms with Gasteiger partial charge in [-0.25, -0.2) is 0 Å². The molecule has 9 rings (SSSR count). The molecule has 0 amide bonds. The van der Waals surface area contributed by atoms with E-state index in [1.165, 1.54) is 80.3 Å².